The first-order valence-electron chi connectivity index (χ1n) is 5.45. The molecule has 2 aromatic carbocycles. The van der Waals surface area contributed by atoms with Gasteiger partial charge >= 0.3 is 0 Å². The second-order valence-electron chi connectivity index (χ2n) is 4.10. The summed E-state index contributed by atoms with van der Waals surface area (Å²) in [4.78, 5) is 6.99. The highest BCUT2D eigenvalue weighted by atomic mass is 79.9. The van der Waals surface area contributed by atoms with Gasteiger partial charge in [-0.2, -0.15) is 0 Å². The van der Waals surface area contributed by atoms with Crippen LogP contribution in [-0.2, 0) is 0 Å². The van der Waals surface area contributed by atoms with E-state index < -0.39 is 11.6 Å². The Morgan fingerprint density at radius 3 is 2.68 bits per heavy atom. The van der Waals surface area contributed by atoms with Crippen LogP contribution in [0.4, 0.5) is 14.5 Å². The average Bonchev–Trinajstić information content (AvgIpc) is 2.72. The van der Waals surface area contributed by atoms with Crippen LogP contribution < -0.4 is 5.73 Å². The minimum Gasteiger partial charge on any atom is -0.398 e. The van der Waals surface area contributed by atoms with E-state index in [1.54, 1.807) is 18.2 Å². The van der Waals surface area contributed by atoms with Gasteiger partial charge in [-0.25, -0.2) is 13.8 Å². The van der Waals surface area contributed by atoms with Crippen LogP contribution in [0, 0.1) is 11.6 Å². The SMILES string of the molecule is Nc1cc(Br)ccc1-c1nc2c(F)cc(F)cc2[nH]1. The molecular weight excluding hydrogens is 316 g/mol. The van der Waals surface area contributed by atoms with Crippen LogP contribution in [0.25, 0.3) is 22.4 Å². The van der Waals surface area contributed by atoms with Gasteiger partial charge in [0.05, 0.1) is 5.52 Å². The van der Waals surface area contributed by atoms with Gasteiger partial charge in [-0.1, -0.05) is 15.9 Å². The average molecular weight is 324 g/mol. The van der Waals surface area contributed by atoms with Gasteiger partial charge in [0.15, 0.2) is 5.82 Å². The van der Waals surface area contributed by atoms with Crippen molar-refractivity contribution in [3.63, 3.8) is 0 Å². The van der Waals surface area contributed by atoms with Crippen molar-refractivity contribution in [3.8, 4) is 11.4 Å². The number of H-pyrrole nitrogens is 1. The largest absolute Gasteiger partial charge is 0.398 e. The lowest BCUT2D eigenvalue weighted by Crippen LogP contribution is -1.91. The minimum absolute atomic E-state index is 0.0960. The summed E-state index contributed by atoms with van der Waals surface area (Å²) in [5, 5.41) is 0. The first-order valence-corrected chi connectivity index (χ1v) is 6.24. The van der Waals surface area contributed by atoms with E-state index in [4.69, 9.17) is 5.73 Å². The Hall–Kier alpha value is -1.95. The Labute approximate surface area is 115 Å². The van der Waals surface area contributed by atoms with E-state index in [2.05, 4.69) is 25.9 Å². The maximum absolute atomic E-state index is 13.6. The Balaban J connectivity index is 2.23. The van der Waals surface area contributed by atoms with Gasteiger partial charge in [0, 0.05) is 21.8 Å². The molecule has 0 aliphatic rings. The molecule has 96 valence electrons. The number of nitrogens with zero attached hydrogens (tertiary/aromatic N) is 1. The molecule has 0 bridgehead atoms. The molecule has 0 radical (unpaired) electrons. The second-order valence-corrected chi connectivity index (χ2v) is 5.02. The molecule has 3 N–H and O–H groups in total. The van der Waals surface area contributed by atoms with Crippen LogP contribution in [0.15, 0.2) is 34.8 Å². The third kappa shape index (κ3) is 2.08. The molecule has 3 aromatic rings. The highest BCUT2D eigenvalue weighted by Crippen LogP contribution is 2.29. The Bertz CT molecular complexity index is 783. The molecule has 0 saturated carbocycles. The third-order valence-corrected chi connectivity index (χ3v) is 3.27. The van der Waals surface area contributed by atoms with Crippen LogP contribution in [0.2, 0.25) is 0 Å². The summed E-state index contributed by atoms with van der Waals surface area (Å²) >= 11 is 3.30. The number of aromatic amines is 1. The molecule has 0 fully saturated rings. The van der Waals surface area contributed by atoms with E-state index in [1.807, 2.05) is 0 Å². The molecule has 0 unspecified atom stereocenters. The zero-order valence-corrected chi connectivity index (χ0v) is 11.1. The monoisotopic (exact) mass is 323 g/mol. The predicted molar refractivity (Wildman–Crippen MR) is 73.6 cm³/mol. The molecule has 0 aliphatic heterocycles. The van der Waals surface area contributed by atoms with Crippen molar-refractivity contribution >= 4 is 32.7 Å². The van der Waals surface area contributed by atoms with E-state index in [0.29, 0.717) is 22.6 Å². The molecule has 3 rings (SSSR count). The third-order valence-electron chi connectivity index (χ3n) is 2.77. The topological polar surface area (TPSA) is 54.7 Å². The number of rotatable bonds is 1. The van der Waals surface area contributed by atoms with E-state index in [9.17, 15) is 8.78 Å². The first kappa shape index (κ1) is 12.1. The number of halogens is 3. The van der Waals surface area contributed by atoms with Crippen molar-refractivity contribution in [2.45, 2.75) is 0 Å². The van der Waals surface area contributed by atoms with E-state index in [1.165, 1.54) is 6.07 Å². The zero-order chi connectivity index (χ0) is 13.6. The van der Waals surface area contributed by atoms with Crippen molar-refractivity contribution in [3.05, 3.63) is 46.4 Å². The molecule has 1 aromatic heterocycles. The number of nitrogens with two attached hydrogens (primary N) is 1. The maximum atomic E-state index is 13.6. The molecule has 0 saturated heterocycles. The molecule has 0 aliphatic carbocycles. The Morgan fingerprint density at radius 2 is 1.95 bits per heavy atom. The van der Waals surface area contributed by atoms with E-state index >= 15 is 0 Å². The number of hydrogen-bond donors (Lipinski definition) is 2. The molecular formula is C13H8BrF2N3. The van der Waals surface area contributed by atoms with Gasteiger partial charge in [0.25, 0.3) is 0 Å². The Kier molecular flexibility index (Phi) is 2.74. The summed E-state index contributed by atoms with van der Waals surface area (Å²) in [5.74, 6) is -0.943. The lowest BCUT2D eigenvalue weighted by atomic mass is 10.2. The molecule has 0 amide bonds. The van der Waals surface area contributed by atoms with Crippen LogP contribution in [0.5, 0.6) is 0 Å². The number of hydrogen-bond acceptors (Lipinski definition) is 2. The fourth-order valence-corrected chi connectivity index (χ4v) is 2.30. The summed E-state index contributed by atoms with van der Waals surface area (Å²) < 4.78 is 27.5. The van der Waals surface area contributed by atoms with Crippen LogP contribution in [-0.4, -0.2) is 9.97 Å². The molecule has 19 heavy (non-hydrogen) atoms. The number of benzene rings is 2. The standard InChI is InChI=1S/C13H8BrF2N3/c14-6-1-2-8(10(17)3-6)13-18-11-5-7(15)4-9(16)12(11)19-13/h1-5H,17H2,(H,18,19). The smallest absolute Gasteiger partial charge is 0.153 e. The fourth-order valence-electron chi connectivity index (χ4n) is 1.92. The lowest BCUT2D eigenvalue weighted by molar-refractivity contribution is 0.591. The fraction of sp³-hybridized carbons (Fsp3) is 0. The van der Waals surface area contributed by atoms with E-state index in [0.717, 1.165) is 10.5 Å². The number of anilines is 1. The van der Waals surface area contributed by atoms with Gasteiger partial charge in [-0.05, 0) is 24.3 Å². The zero-order valence-electron chi connectivity index (χ0n) is 9.55. The summed E-state index contributed by atoms with van der Waals surface area (Å²) in [7, 11) is 0. The number of nitrogens with one attached hydrogen (secondary N) is 1. The summed E-state index contributed by atoms with van der Waals surface area (Å²) in [6, 6.07) is 7.28. The molecule has 0 atom stereocenters. The maximum Gasteiger partial charge on any atom is 0.153 e. The van der Waals surface area contributed by atoms with Crippen LogP contribution in [0.1, 0.15) is 0 Å². The number of imidazole rings is 1. The summed E-state index contributed by atoms with van der Waals surface area (Å²) in [6.45, 7) is 0. The predicted octanol–water partition coefficient (Wildman–Crippen LogP) is 3.85. The van der Waals surface area contributed by atoms with Crippen molar-refractivity contribution < 1.29 is 8.78 Å². The minimum atomic E-state index is -0.701. The summed E-state index contributed by atoms with van der Waals surface area (Å²) in [5.41, 5.74) is 7.42. The highest BCUT2D eigenvalue weighted by Gasteiger charge is 2.12. The lowest BCUT2D eigenvalue weighted by Gasteiger charge is -2.02. The van der Waals surface area contributed by atoms with Crippen LogP contribution >= 0.6 is 15.9 Å². The van der Waals surface area contributed by atoms with Gasteiger partial charge in [0.1, 0.15) is 17.2 Å². The molecule has 6 heteroatoms. The van der Waals surface area contributed by atoms with Crippen molar-refractivity contribution in [2.24, 2.45) is 0 Å². The quantitative estimate of drug-likeness (QED) is 0.668. The number of nitrogen functional groups attached to an aromatic ring is 1. The normalized spacial score (nSPS) is 11.1. The van der Waals surface area contributed by atoms with E-state index in [-0.39, 0.29) is 5.52 Å². The highest BCUT2D eigenvalue weighted by molar-refractivity contribution is 9.10. The summed E-state index contributed by atoms with van der Waals surface area (Å²) in [6.07, 6.45) is 0. The van der Waals surface area contributed by atoms with Crippen molar-refractivity contribution in [1.29, 1.82) is 0 Å². The van der Waals surface area contributed by atoms with Gasteiger partial charge in [0.2, 0.25) is 0 Å². The second kappa shape index (κ2) is 4.31. The van der Waals surface area contributed by atoms with Gasteiger partial charge in [-0.3, -0.25) is 0 Å². The number of fused-ring (bicyclic) bond motifs is 1. The molecule has 0 spiro atoms. The van der Waals surface area contributed by atoms with Crippen LogP contribution in [0.3, 0.4) is 0 Å². The van der Waals surface area contributed by atoms with Crippen molar-refractivity contribution in [2.75, 3.05) is 5.73 Å². The Morgan fingerprint density at radius 1 is 1.16 bits per heavy atom. The number of aromatic nitrogens is 2. The first-order chi connectivity index (χ1) is 9.04. The molecule has 1 heterocycles. The van der Waals surface area contributed by atoms with Crippen molar-refractivity contribution in [1.82, 2.24) is 9.97 Å². The van der Waals surface area contributed by atoms with Gasteiger partial charge in [-0.15, -0.1) is 0 Å². The van der Waals surface area contributed by atoms with Gasteiger partial charge < -0.3 is 10.7 Å². The molecule has 3 nitrogen and oxygen atoms in total.